The van der Waals surface area contributed by atoms with E-state index < -0.39 is 17.7 Å². The smallest absolute Gasteiger partial charge is 0.300 e. The first-order chi connectivity index (χ1) is 16.2. The second-order valence-corrected chi connectivity index (χ2v) is 8.77. The first kappa shape index (κ1) is 23.4. The molecule has 1 aliphatic rings. The van der Waals surface area contributed by atoms with Gasteiger partial charge in [0, 0.05) is 11.3 Å². The van der Waals surface area contributed by atoms with Crippen LogP contribution < -0.4 is 9.64 Å². The number of aromatic hydroxyl groups is 1. The van der Waals surface area contributed by atoms with Gasteiger partial charge in [0.1, 0.15) is 17.3 Å². The standard InChI is InChI=1S/C27H24ClNO5/c1-15(2)34-22-12-10-18(13-16(22)3)25(31)23-24(17-9-11-21(30)20(28)14-17)29(27(33)26(23)32)19-7-5-4-6-8-19/h4-15,24,30-31H,1-3H3/b25-23-. The van der Waals surface area contributed by atoms with Gasteiger partial charge in [0.05, 0.1) is 22.7 Å². The Hall–Kier alpha value is -3.77. The van der Waals surface area contributed by atoms with Gasteiger partial charge in [-0.1, -0.05) is 35.9 Å². The minimum Gasteiger partial charge on any atom is -0.507 e. The number of nitrogens with zero attached hydrogens (tertiary/aromatic N) is 1. The van der Waals surface area contributed by atoms with Gasteiger partial charge in [-0.15, -0.1) is 0 Å². The number of ether oxygens (including phenoxy) is 1. The van der Waals surface area contributed by atoms with Crippen LogP contribution in [0.5, 0.6) is 11.5 Å². The monoisotopic (exact) mass is 477 g/mol. The summed E-state index contributed by atoms with van der Waals surface area (Å²) in [4.78, 5) is 27.7. The lowest BCUT2D eigenvalue weighted by Gasteiger charge is -2.25. The Morgan fingerprint density at radius 3 is 2.35 bits per heavy atom. The van der Waals surface area contributed by atoms with Crippen LogP contribution in [0.25, 0.3) is 5.76 Å². The van der Waals surface area contributed by atoms with E-state index in [1.807, 2.05) is 20.8 Å². The third kappa shape index (κ3) is 4.24. The highest BCUT2D eigenvalue weighted by molar-refractivity contribution is 6.51. The van der Waals surface area contributed by atoms with Gasteiger partial charge in [-0.2, -0.15) is 0 Å². The van der Waals surface area contributed by atoms with E-state index in [1.54, 1.807) is 54.6 Å². The molecule has 1 fully saturated rings. The van der Waals surface area contributed by atoms with Crippen LogP contribution in [0.2, 0.25) is 5.02 Å². The summed E-state index contributed by atoms with van der Waals surface area (Å²) in [5.41, 5.74) is 2.07. The molecule has 6 nitrogen and oxygen atoms in total. The number of halogens is 1. The molecule has 0 spiro atoms. The Kier molecular flexibility index (Phi) is 6.35. The fraction of sp³-hybridized carbons (Fsp3) is 0.185. The SMILES string of the molecule is Cc1cc(/C(O)=C2/C(=O)C(=O)N(c3ccccc3)C2c2ccc(O)c(Cl)c2)ccc1OC(C)C. The number of carbonyl (C=O) groups excluding carboxylic acids is 2. The number of aliphatic hydroxyl groups is 1. The molecule has 4 rings (SSSR count). The third-order valence-electron chi connectivity index (χ3n) is 5.58. The van der Waals surface area contributed by atoms with E-state index in [-0.39, 0.29) is 28.2 Å². The number of hydrogen-bond acceptors (Lipinski definition) is 5. The zero-order valence-electron chi connectivity index (χ0n) is 18.9. The summed E-state index contributed by atoms with van der Waals surface area (Å²) in [6.45, 7) is 5.68. The number of aryl methyl sites for hydroxylation is 1. The molecule has 1 saturated heterocycles. The number of aliphatic hydroxyl groups excluding tert-OH is 1. The molecule has 0 radical (unpaired) electrons. The predicted molar refractivity (Wildman–Crippen MR) is 131 cm³/mol. The van der Waals surface area contributed by atoms with Crippen LogP contribution in [0.3, 0.4) is 0 Å². The quantitative estimate of drug-likeness (QED) is 0.277. The second kappa shape index (κ2) is 9.23. The van der Waals surface area contributed by atoms with Crippen molar-refractivity contribution >= 4 is 34.7 Å². The Balaban J connectivity index is 1.91. The molecule has 0 aliphatic carbocycles. The van der Waals surface area contributed by atoms with Gasteiger partial charge in [0.15, 0.2) is 0 Å². The van der Waals surface area contributed by atoms with E-state index in [1.165, 1.54) is 17.0 Å². The van der Waals surface area contributed by atoms with Gasteiger partial charge in [-0.05, 0) is 74.4 Å². The van der Waals surface area contributed by atoms with Gasteiger partial charge in [0.25, 0.3) is 11.7 Å². The van der Waals surface area contributed by atoms with Crippen molar-refractivity contribution < 1.29 is 24.5 Å². The lowest BCUT2D eigenvalue weighted by atomic mass is 9.94. The highest BCUT2D eigenvalue weighted by Gasteiger charge is 2.47. The van der Waals surface area contributed by atoms with Crippen LogP contribution in [0.1, 0.15) is 36.6 Å². The maximum absolute atomic E-state index is 13.2. The van der Waals surface area contributed by atoms with Gasteiger partial charge in [-0.3, -0.25) is 14.5 Å². The number of para-hydroxylation sites is 1. The van der Waals surface area contributed by atoms with Crippen molar-refractivity contribution in [3.05, 3.63) is 94.0 Å². The van der Waals surface area contributed by atoms with Crippen molar-refractivity contribution in [2.45, 2.75) is 32.9 Å². The zero-order chi connectivity index (χ0) is 24.6. The van der Waals surface area contributed by atoms with Gasteiger partial charge in [0.2, 0.25) is 0 Å². The molecule has 1 atom stereocenters. The number of phenols is 1. The molecular formula is C27H24ClNO5. The molecule has 3 aromatic carbocycles. The van der Waals surface area contributed by atoms with Gasteiger partial charge >= 0.3 is 0 Å². The number of benzene rings is 3. The predicted octanol–water partition coefficient (Wildman–Crippen LogP) is 5.77. The topological polar surface area (TPSA) is 87.1 Å². The number of phenolic OH excluding ortho intramolecular Hbond substituents is 1. The molecule has 34 heavy (non-hydrogen) atoms. The summed E-state index contributed by atoms with van der Waals surface area (Å²) >= 11 is 6.15. The highest BCUT2D eigenvalue weighted by Crippen LogP contribution is 2.43. The largest absolute Gasteiger partial charge is 0.507 e. The van der Waals surface area contributed by atoms with E-state index in [2.05, 4.69) is 0 Å². The molecule has 0 aromatic heterocycles. The van der Waals surface area contributed by atoms with Crippen LogP contribution >= 0.6 is 11.6 Å². The molecule has 1 unspecified atom stereocenters. The molecule has 0 saturated carbocycles. The summed E-state index contributed by atoms with van der Waals surface area (Å²) in [5.74, 6) is -1.34. The van der Waals surface area contributed by atoms with Crippen molar-refractivity contribution in [3.8, 4) is 11.5 Å². The molecule has 1 aliphatic heterocycles. The maximum Gasteiger partial charge on any atom is 0.300 e. The minimum absolute atomic E-state index is 0.0198. The number of hydrogen-bond donors (Lipinski definition) is 2. The number of carbonyl (C=O) groups is 2. The average Bonchev–Trinajstić information content (AvgIpc) is 3.07. The Morgan fingerprint density at radius 2 is 1.74 bits per heavy atom. The zero-order valence-corrected chi connectivity index (χ0v) is 19.7. The van der Waals surface area contributed by atoms with Crippen LogP contribution in [-0.4, -0.2) is 28.0 Å². The van der Waals surface area contributed by atoms with Gasteiger partial charge in [-0.25, -0.2) is 0 Å². The fourth-order valence-corrected chi connectivity index (χ4v) is 4.22. The number of Topliss-reactive ketones (excluding diaryl/α,β-unsaturated/α-hetero) is 1. The number of ketones is 1. The maximum atomic E-state index is 13.2. The minimum atomic E-state index is -0.938. The molecule has 174 valence electrons. The van der Waals surface area contributed by atoms with E-state index in [0.29, 0.717) is 22.6 Å². The van der Waals surface area contributed by atoms with Crippen molar-refractivity contribution in [3.63, 3.8) is 0 Å². The molecule has 1 heterocycles. The van der Waals surface area contributed by atoms with Crippen LogP contribution in [0.15, 0.2) is 72.3 Å². The lowest BCUT2D eigenvalue weighted by molar-refractivity contribution is -0.132. The first-order valence-corrected chi connectivity index (χ1v) is 11.2. The van der Waals surface area contributed by atoms with Crippen LogP contribution in [0, 0.1) is 6.92 Å². The summed E-state index contributed by atoms with van der Waals surface area (Å²) in [6.07, 6.45) is -0.0198. The number of anilines is 1. The molecule has 2 N–H and O–H groups in total. The summed E-state index contributed by atoms with van der Waals surface area (Å²) in [5, 5.41) is 21.2. The Morgan fingerprint density at radius 1 is 1.03 bits per heavy atom. The second-order valence-electron chi connectivity index (χ2n) is 8.36. The molecule has 0 bridgehead atoms. The molecule has 3 aromatic rings. The van der Waals surface area contributed by atoms with Crippen molar-refractivity contribution in [2.75, 3.05) is 4.90 Å². The van der Waals surface area contributed by atoms with Gasteiger partial charge < -0.3 is 14.9 Å². The van der Waals surface area contributed by atoms with E-state index in [9.17, 15) is 19.8 Å². The van der Waals surface area contributed by atoms with E-state index in [0.717, 1.165) is 5.56 Å². The summed E-state index contributed by atoms with van der Waals surface area (Å²) < 4.78 is 5.77. The average molecular weight is 478 g/mol. The molecular weight excluding hydrogens is 454 g/mol. The summed E-state index contributed by atoms with van der Waals surface area (Å²) in [7, 11) is 0. The molecule has 7 heteroatoms. The first-order valence-electron chi connectivity index (χ1n) is 10.8. The Bertz CT molecular complexity index is 1300. The third-order valence-corrected chi connectivity index (χ3v) is 5.88. The van der Waals surface area contributed by atoms with Crippen molar-refractivity contribution in [2.24, 2.45) is 0 Å². The lowest BCUT2D eigenvalue weighted by Crippen LogP contribution is -2.29. The normalized spacial score (nSPS) is 17.4. The van der Waals surface area contributed by atoms with Crippen LogP contribution in [-0.2, 0) is 9.59 Å². The van der Waals surface area contributed by atoms with E-state index in [4.69, 9.17) is 16.3 Å². The highest BCUT2D eigenvalue weighted by atomic mass is 35.5. The van der Waals surface area contributed by atoms with Crippen molar-refractivity contribution in [1.82, 2.24) is 0 Å². The Labute approximate surface area is 202 Å². The van der Waals surface area contributed by atoms with E-state index >= 15 is 0 Å². The fourth-order valence-electron chi connectivity index (χ4n) is 4.03. The van der Waals surface area contributed by atoms with Crippen molar-refractivity contribution in [1.29, 1.82) is 0 Å². The summed E-state index contributed by atoms with van der Waals surface area (Å²) in [6, 6.07) is 17.3. The number of amides is 1. The number of rotatable bonds is 5. The van der Waals surface area contributed by atoms with Crippen LogP contribution in [0.4, 0.5) is 5.69 Å². The molecule has 1 amide bonds.